The minimum Gasteiger partial charge on any atom is -0.496 e. The minimum absolute atomic E-state index is 0.181. The van der Waals surface area contributed by atoms with Crippen LogP contribution in [0.25, 0.3) is 0 Å². The van der Waals surface area contributed by atoms with Gasteiger partial charge in [0.25, 0.3) is 5.91 Å². The highest BCUT2D eigenvalue weighted by molar-refractivity contribution is 6.30. The fourth-order valence-electron chi connectivity index (χ4n) is 1.79. The topological polar surface area (TPSA) is 66.8 Å². The van der Waals surface area contributed by atoms with Crippen molar-refractivity contribution in [2.45, 2.75) is 26.3 Å². The Morgan fingerprint density at radius 1 is 1.45 bits per heavy atom. The number of halogens is 1. The van der Waals surface area contributed by atoms with Gasteiger partial charge in [0.15, 0.2) is 0 Å². The fourth-order valence-corrected chi connectivity index (χ4v) is 1.95. The molecule has 0 spiro atoms. The second-order valence-corrected chi connectivity index (χ2v) is 4.87. The lowest BCUT2D eigenvalue weighted by Gasteiger charge is -2.27. The van der Waals surface area contributed by atoms with E-state index in [1.54, 1.807) is 12.1 Å². The number of hydrogen-bond acceptors (Lipinski definition) is 3. The number of carboxylic acids is 1. The number of carbonyl (C=O) groups is 2. The molecule has 1 rings (SSSR count). The van der Waals surface area contributed by atoms with E-state index in [4.69, 9.17) is 21.4 Å². The van der Waals surface area contributed by atoms with Crippen LogP contribution in [0.4, 0.5) is 0 Å². The van der Waals surface area contributed by atoms with Crippen molar-refractivity contribution in [1.29, 1.82) is 0 Å². The van der Waals surface area contributed by atoms with Crippen LogP contribution in [0.15, 0.2) is 18.2 Å². The van der Waals surface area contributed by atoms with E-state index < -0.39 is 5.97 Å². The van der Waals surface area contributed by atoms with Crippen LogP contribution in [0, 0.1) is 0 Å². The summed E-state index contributed by atoms with van der Waals surface area (Å²) in [5.41, 5.74) is 0.304. The molecule has 0 saturated carbocycles. The third-order valence-corrected chi connectivity index (χ3v) is 3.32. The van der Waals surface area contributed by atoms with Crippen LogP contribution in [-0.2, 0) is 4.79 Å². The van der Waals surface area contributed by atoms with Crippen LogP contribution < -0.4 is 4.74 Å². The number of ether oxygens (including phenoxy) is 1. The Bertz CT molecular complexity index is 504. The highest BCUT2D eigenvalue weighted by Crippen LogP contribution is 2.25. The molecule has 1 amide bonds. The quantitative estimate of drug-likeness (QED) is 0.877. The lowest BCUT2D eigenvalue weighted by Crippen LogP contribution is -2.41. The molecule has 0 radical (unpaired) electrons. The average molecular weight is 300 g/mol. The van der Waals surface area contributed by atoms with E-state index in [0.717, 1.165) is 0 Å². The van der Waals surface area contributed by atoms with E-state index in [0.29, 0.717) is 22.8 Å². The van der Waals surface area contributed by atoms with Crippen LogP contribution in [0.1, 0.15) is 30.6 Å². The fraction of sp³-hybridized carbons (Fsp3) is 0.429. The van der Waals surface area contributed by atoms with Gasteiger partial charge in [-0.05, 0) is 31.5 Å². The molecule has 1 atom stereocenters. The summed E-state index contributed by atoms with van der Waals surface area (Å²) in [5, 5.41) is 9.40. The molecule has 0 fully saturated rings. The van der Waals surface area contributed by atoms with Gasteiger partial charge in [-0.15, -0.1) is 0 Å². The maximum atomic E-state index is 12.5. The van der Waals surface area contributed by atoms with Gasteiger partial charge < -0.3 is 14.7 Å². The Balaban J connectivity index is 3.14. The summed E-state index contributed by atoms with van der Waals surface area (Å²) in [6.45, 7) is 3.36. The zero-order valence-corrected chi connectivity index (χ0v) is 12.5. The molecule has 20 heavy (non-hydrogen) atoms. The number of methoxy groups -OCH3 is 1. The number of benzene rings is 1. The van der Waals surface area contributed by atoms with Crippen LogP contribution in [0.5, 0.6) is 5.75 Å². The van der Waals surface area contributed by atoms with Crippen LogP contribution in [0.2, 0.25) is 5.02 Å². The molecule has 110 valence electrons. The summed E-state index contributed by atoms with van der Waals surface area (Å²) < 4.78 is 5.14. The summed E-state index contributed by atoms with van der Waals surface area (Å²) in [4.78, 5) is 24.8. The second kappa shape index (κ2) is 7.14. The Morgan fingerprint density at radius 3 is 2.60 bits per heavy atom. The number of hydrogen-bond donors (Lipinski definition) is 1. The highest BCUT2D eigenvalue weighted by atomic mass is 35.5. The largest absolute Gasteiger partial charge is 0.496 e. The predicted molar refractivity (Wildman–Crippen MR) is 76.4 cm³/mol. The zero-order valence-electron chi connectivity index (χ0n) is 11.7. The smallest absolute Gasteiger partial charge is 0.323 e. The van der Waals surface area contributed by atoms with Crippen molar-refractivity contribution in [3.05, 3.63) is 28.8 Å². The van der Waals surface area contributed by atoms with Crippen molar-refractivity contribution in [3.8, 4) is 5.75 Å². The molecule has 0 aromatic heterocycles. The van der Waals surface area contributed by atoms with Crippen molar-refractivity contribution in [2.75, 3.05) is 13.7 Å². The Labute approximate surface area is 123 Å². The number of aliphatic carboxylic acids is 1. The average Bonchev–Trinajstić information content (AvgIpc) is 2.42. The molecular formula is C14H18ClNO4. The standard InChI is InChI=1S/C14H18ClNO4/c1-4-9(2)16(8-13(17)18)14(19)11-6-5-10(15)7-12(11)20-3/h5-7,9H,4,8H2,1-3H3,(H,17,18). The summed E-state index contributed by atoms with van der Waals surface area (Å²) in [6.07, 6.45) is 0.662. The van der Waals surface area contributed by atoms with Gasteiger partial charge in [0.2, 0.25) is 0 Å². The molecule has 0 aliphatic heterocycles. The van der Waals surface area contributed by atoms with E-state index in [1.165, 1.54) is 18.1 Å². The third kappa shape index (κ3) is 3.87. The highest BCUT2D eigenvalue weighted by Gasteiger charge is 2.25. The van der Waals surface area contributed by atoms with Crippen molar-refractivity contribution in [3.63, 3.8) is 0 Å². The molecule has 0 heterocycles. The van der Waals surface area contributed by atoms with Gasteiger partial charge in [-0.25, -0.2) is 0 Å². The van der Waals surface area contributed by atoms with Crippen LogP contribution in [-0.4, -0.2) is 41.6 Å². The number of amides is 1. The molecule has 1 N–H and O–H groups in total. The molecule has 6 heteroatoms. The number of nitrogens with zero attached hydrogens (tertiary/aromatic N) is 1. The first-order chi connectivity index (χ1) is 9.40. The number of rotatable bonds is 6. The number of carbonyl (C=O) groups excluding carboxylic acids is 1. The Kier molecular flexibility index (Phi) is 5.82. The van der Waals surface area contributed by atoms with Crippen LogP contribution in [0.3, 0.4) is 0 Å². The monoisotopic (exact) mass is 299 g/mol. The third-order valence-electron chi connectivity index (χ3n) is 3.08. The normalized spacial score (nSPS) is 11.8. The summed E-state index contributed by atoms with van der Waals surface area (Å²) in [7, 11) is 1.44. The SMILES string of the molecule is CCC(C)N(CC(=O)O)C(=O)c1ccc(Cl)cc1OC. The van der Waals surface area contributed by atoms with Gasteiger partial charge in [-0.2, -0.15) is 0 Å². The van der Waals surface area contributed by atoms with Crippen molar-refractivity contribution in [2.24, 2.45) is 0 Å². The van der Waals surface area contributed by atoms with Gasteiger partial charge in [0, 0.05) is 11.1 Å². The first-order valence-corrected chi connectivity index (χ1v) is 6.64. The first-order valence-electron chi connectivity index (χ1n) is 6.27. The molecule has 0 aliphatic carbocycles. The lowest BCUT2D eigenvalue weighted by atomic mass is 10.1. The van der Waals surface area contributed by atoms with Crippen molar-refractivity contribution in [1.82, 2.24) is 4.90 Å². The molecule has 5 nitrogen and oxygen atoms in total. The summed E-state index contributed by atoms with van der Waals surface area (Å²) >= 11 is 5.85. The molecule has 0 aliphatic rings. The van der Waals surface area contributed by atoms with Gasteiger partial charge >= 0.3 is 5.97 Å². The maximum absolute atomic E-state index is 12.5. The van der Waals surface area contributed by atoms with E-state index in [1.807, 2.05) is 13.8 Å². The van der Waals surface area contributed by atoms with Gasteiger partial charge in [-0.3, -0.25) is 9.59 Å². The van der Waals surface area contributed by atoms with E-state index in [9.17, 15) is 9.59 Å². The predicted octanol–water partition coefficient (Wildman–Crippen LogP) is 2.67. The summed E-state index contributed by atoms with van der Waals surface area (Å²) in [6, 6.07) is 4.47. The molecular weight excluding hydrogens is 282 g/mol. The maximum Gasteiger partial charge on any atom is 0.323 e. The lowest BCUT2D eigenvalue weighted by molar-refractivity contribution is -0.138. The molecule has 1 aromatic rings. The molecule has 1 unspecified atom stereocenters. The van der Waals surface area contributed by atoms with Gasteiger partial charge in [0.1, 0.15) is 12.3 Å². The van der Waals surface area contributed by atoms with Crippen molar-refractivity contribution < 1.29 is 19.4 Å². The van der Waals surface area contributed by atoms with Gasteiger partial charge in [-0.1, -0.05) is 18.5 Å². The van der Waals surface area contributed by atoms with E-state index >= 15 is 0 Å². The minimum atomic E-state index is -1.05. The van der Waals surface area contributed by atoms with E-state index in [-0.39, 0.29) is 18.5 Å². The van der Waals surface area contributed by atoms with Crippen LogP contribution >= 0.6 is 11.6 Å². The zero-order chi connectivity index (χ0) is 15.3. The second-order valence-electron chi connectivity index (χ2n) is 4.43. The first kappa shape index (κ1) is 16.3. The van der Waals surface area contributed by atoms with Gasteiger partial charge in [0.05, 0.1) is 12.7 Å². The molecule has 1 aromatic carbocycles. The van der Waals surface area contributed by atoms with Crippen molar-refractivity contribution >= 4 is 23.5 Å². The molecule has 0 bridgehead atoms. The van der Waals surface area contributed by atoms with E-state index in [2.05, 4.69) is 0 Å². The summed E-state index contributed by atoms with van der Waals surface area (Å²) in [5.74, 6) is -1.09. The Hall–Kier alpha value is -1.75. The Morgan fingerprint density at radius 2 is 2.10 bits per heavy atom. The molecule has 0 saturated heterocycles. The number of carboxylic acid groups (broad SMARTS) is 1.